The van der Waals surface area contributed by atoms with Crippen molar-refractivity contribution in [1.29, 1.82) is 0 Å². The molecular formula is C17H32O6. The van der Waals surface area contributed by atoms with Crippen molar-refractivity contribution < 1.29 is 28.5 Å². The molecule has 0 bridgehead atoms. The summed E-state index contributed by atoms with van der Waals surface area (Å²) in [5.74, 6) is -0.146. The Morgan fingerprint density at radius 1 is 0.826 bits per heavy atom. The molecule has 0 saturated carbocycles. The summed E-state index contributed by atoms with van der Waals surface area (Å²) >= 11 is 0. The lowest BCUT2D eigenvalue weighted by Crippen LogP contribution is -2.14. The van der Waals surface area contributed by atoms with Gasteiger partial charge in [0.2, 0.25) is 0 Å². The highest BCUT2D eigenvalue weighted by molar-refractivity contribution is 5.69. The van der Waals surface area contributed by atoms with Gasteiger partial charge in [-0.05, 0) is 6.42 Å². The Bertz CT molecular complexity index is 270. The van der Waals surface area contributed by atoms with Crippen LogP contribution in [0.1, 0.15) is 32.6 Å². The average Bonchev–Trinajstić information content (AvgIpc) is 2.55. The van der Waals surface area contributed by atoms with E-state index in [1.54, 1.807) is 6.08 Å². The smallest absolute Gasteiger partial charge is 0.305 e. The molecule has 23 heavy (non-hydrogen) atoms. The molecule has 6 heteroatoms. The third-order valence-electron chi connectivity index (χ3n) is 2.83. The maximum Gasteiger partial charge on any atom is 0.305 e. The summed E-state index contributed by atoms with van der Waals surface area (Å²) in [7, 11) is 0. The molecular weight excluding hydrogens is 300 g/mol. The summed E-state index contributed by atoms with van der Waals surface area (Å²) in [4.78, 5) is 11.3. The zero-order valence-corrected chi connectivity index (χ0v) is 14.4. The minimum absolute atomic E-state index is 0.146. The second-order valence-electron chi connectivity index (χ2n) is 4.88. The number of hydrogen-bond donors (Lipinski definition) is 0. The number of ether oxygens (including phenoxy) is 5. The summed E-state index contributed by atoms with van der Waals surface area (Å²) in [5.41, 5.74) is 0. The standard InChI is InChI=1S/C17H32O6/c1-3-5-6-7-17(18)23-16-15-22-14-13-21-12-11-20-10-9-19-8-4-2/h4H,2-3,5-16H2,1H3. The Hall–Kier alpha value is -0.950. The van der Waals surface area contributed by atoms with Crippen LogP contribution in [-0.4, -0.2) is 65.4 Å². The molecule has 0 aromatic rings. The second kappa shape index (κ2) is 19.1. The first kappa shape index (κ1) is 22.1. The molecule has 0 N–H and O–H groups in total. The molecule has 0 amide bonds. The van der Waals surface area contributed by atoms with Crippen LogP contribution >= 0.6 is 0 Å². The van der Waals surface area contributed by atoms with Crippen LogP contribution in [0.15, 0.2) is 12.7 Å². The van der Waals surface area contributed by atoms with Crippen molar-refractivity contribution in [2.75, 3.05) is 59.5 Å². The third kappa shape index (κ3) is 19.0. The number of unbranched alkanes of at least 4 members (excludes halogenated alkanes) is 2. The fourth-order valence-corrected chi connectivity index (χ4v) is 1.63. The number of carbonyl (C=O) groups excluding carboxylic acids is 1. The number of carbonyl (C=O) groups is 1. The van der Waals surface area contributed by atoms with E-state index in [1.807, 2.05) is 0 Å². The predicted octanol–water partition coefficient (Wildman–Crippen LogP) is 2.36. The number of rotatable bonds is 18. The first-order valence-corrected chi connectivity index (χ1v) is 8.38. The van der Waals surface area contributed by atoms with Crippen molar-refractivity contribution in [3.05, 3.63) is 12.7 Å². The third-order valence-corrected chi connectivity index (χ3v) is 2.83. The normalized spacial score (nSPS) is 10.7. The lowest BCUT2D eigenvalue weighted by Gasteiger charge is -2.07. The van der Waals surface area contributed by atoms with Crippen molar-refractivity contribution >= 4 is 5.97 Å². The molecule has 0 unspecified atom stereocenters. The fourth-order valence-electron chi connectivity index (χ4n) is 1.63. The van der Waals surface area contributed by atoms with Gasteiger partial charge >= 0.3 is 5.97 Å². The molecule has 0 aliphatic carbocycles. The lowest BCUT2D eigenvalue weighted by molar-refractivity contribution is -0.145. The van der Waals surface area contributed by atoms with E-state index in [0.29, 0.717) is 65.9 Å². The quantitative estimate of drug-likeness (QED) is 0.218. The van der Waals surface area contributed by atoms with Gasteiger partial charge in [-0.2, -0.15) is 0 Å². The SMILES string of the molecule is C=CCOCCOCCOCCOCCOC(=O)CCCCC. The highest BCUT2D eigenvalue weighted by atomic mass is 16.6. The fraction of sp³-hybridized carbons (Fsp3) is 0.824. The Labute approximate surface area is 140 Å². The van der Waals surface area contributed by atoms with Crippen molar-refractivity contribution in [1.82, 2.24) is 0 Å². The Balaban J connectivity index is 3.07. The van der Waals surface area contributed by atoms with E-state index in [9.17, 15) is 4.79 Å². The van der Waals surface area contributed by atoms with E-state index in [0.717, 1.165) is 19.3 Å². The van der Waals surface area contributed by atoms with Crippen LogP contribution in [0.4, 0.5) is 0 Å². The van der Waals surface area contributed by atoms with Crippen LogP contribution in [0.5, 0.6) is 0 Å². The first-order valence-electron chi connectivity index (χ1n) is 8.38. The van der Waals surface area contributed by atoms with Gasteiger partial charge in [-0.25, -0.2) is 0 Å². The molecule has 0 aromatic carbocycles. The molecule has 0 spiro atoms. The summed E-state index contributed by atoms with van der Waals surface area (Å²) in [6.45, 7) is 10.1. The first-order chi connectivity index (χ1) is 11.3. The molecule has 0 aliphatic heterocycles. The van der Waals surface area contributed by atoms with Crippen LogP contribution in [0.25, 0.3) is 0 Å². The van der Waals surface area contributed by atoms with Gasteiger partial charge in [-0.15, -0.1) is 6.58 Å². The number of esters is 1. The number of hydrogen-bond acceptors (Lipinski definition) is 6. The average molecular weight is 332 g/mol. The maximum atomic E-state index is 11.3. The predicted molar refractivity (Wildman–Crippen MR) is 88.6 cm³/mol. The summed E-state index contributed by atoms with van der Waals surface area (Å²) in [6, 6.07) is 0. The Morgan fingerprint density at radius 3 is 1.87 bits per heavy atom. The van der Waals surface area contributed by atoms with E-state index < -0.39 is 0 Å². The van der Waals surface area contributed by atoms with E-state index in [1.165, 1.54) is 0 Å². The van der Waals surface area contributed by atoms with Gasteiger partial charge in [0.15, 0.2) is 0 Å². The van der Waals surface area contributed by atoms with Gasteiger partial charge in [0, 0.05) is 6.42 Å². The molecule has 0 saturated heterocycles. The Morgan fingerprint density at radius 2 is 1.35 bits per heavy atom. The molecule has 136 valence electrons. The highest BCUT2D eigenvalue weighted by Crippen LogP contribution is 2.00. The molecule has 0 atom stereocenters. The molecule has 0 aromatic heterocycles. The minimum Gasteiger partial charge on any atom is -0.463 e. The summed E-state index contributed by atoms with van der Waals surface area (Å²) < 4.78 is 26.2. The topological polar surface area (TPSA) is 63.2 Å². The molecule has 0 heterocycles. The molecule has 0 radical (unpaired) electrons. The molecule has 0 aliphatic rings. The van der Waals surface area contributed by atoms with Gasteiger partial charge in [-0.1, -0.05) is 25.8 Å². The second-order valence-corrected chi connectivity index (χ2v) is 4.88. The zero-order chi connectivity index (χ0) is 17.0. The van der Waals surface area contributed by atoms with Crippen LogP contribution < -0.4 is 0 Å². The zero-order valence-electron chi connectivity index (χ0n) is 14.4. The van der Waals surface area contributed by atoms with Gasteiger partial charge in [0.1, 0.15) is 6.61 Å². The van der Waals surface area contributed by atoms with E-state index >= 15 is 0 Å². The van der Waals surface area contributed by atoms with Crippen molar-refractivity contribution in [2.45, 2.75) is 32.6 Å². The van der Waals surface area contributed by atoms with Crippen molar-refractivity contribution in [3.63, 3.8) is 0 Å². The molecule has 0 fully saturated rings. The molecule has 0 rings (SSSR count). The van der Waals surface area contributed by atoms with Crippen LogP contribution in [-0.2, 0) is 28.5 Å². The van der Waals surface area contributed by atoms with E-state index in [2.05, 4.69) is 13.5 Å². The van der Waals surface area contributed by atoms with Gasteiger partial charge in [0.05, 0.1) is 52.9 Å². The van der Waals surface area contributed by atoms with Crippen molar-refractivity contribution in [3.8, 4) is 0 Å². The van der Waals surface area contributed by atoms with Crippen molar-refractivity contribution in [2.24, 2.45) is 0 Å². The largest absolute Gasteiger partial charge is 0.463 e. The lowest BCUT2D eigenvalue weighted by atomic mass is 10.2. The van der Waals surface area contributed by atoms with Gasteiger partial charge in [-0.3, -0.25) is 4.79 Å². The Kier molecular flexibility index (Phi) is 18.3. The van der Waals surface area contributed by atoms with E-state index in [4.69, 9.17) is 23.7 Å². The molecule has 6 nitrogen and oxygen atoms in total. The minimum atomic E-state index is -0.146. The maximum absolute atomic E-state index is 11.3. The summed E-state index contributed by atoms with van der Waals surface area (Å²) in [6.07, 6.45) is 5.26. The van der Waals surface area contributed by atoms with E-state index in [-0.39, 0.29) is 5.97 Å². The van der Waals surface area contributed by atoms with Crippen LogP contribution in [0.3, 0.4) is 0 Å². The van der Waals surface area contributed by atoms with Gasteiger partial charge < -0.3 is 23.7 Å². The monoisotopic (exact) mass is 332 g/mol. The highest BCUT2D eigenvalue weighted by Gasteiger charge is 2.01. The van der Waals surface area contributed by atoms with Crippen LogP contribution in [0.2, 0.25) is 0 Å². The van der Waals surface area contributed by atoms with Gasteiger partial charge in [0.25, 0.3) is 0 Å². The summed E-state index contributed by atoms with van der Waals surface area (Å²) in [5, 5.41) is 0. The van der Waals surface area contributed by atoms with Crippen LogP contribution in [0, 0.1) is 0 Å².